The Morgan fingerprint density at radius 2 is 1.78 bits per heavy atom. The van der Waals surface area contributed by atoms with Gasteiger partial charge in [-0.05, 0) is 35.4 Å². The van der Waals surface area contributed by atoms with Crippen molar-refractivity contribution < 1.29 is 4.74 Å². The lowest BCUT2D eigenvalue weighted by atomic mass is 10.2. The molecule has 94 valence electrons. The number of anilines is 1. The van der Waals surface area contributed by atoms with Crippen molar-refractivity contribution >= 4 is 37.5 Å². The van der Waals surface area contributed by atoms with Crippen molar-refractivity contribution in [1.82, 2.24) is 0 Å². The molecule has 2 aromatic carbocycles. The van der Waals surface area contributed by atoms with Gasteiger partial charge >= 0.3 is 0 Å². The standard InChI is InChI=1S/C14H13Br2NO/c15-12-5-10(6-13(17)7-12)8-18-9-11-3-1-2-4-14(11)16/h1-7H,8-9,17H2. The summed E-state index contributed by atoms with van der Waals surface area (Å²) in [6.45, 7) is 1.12. The molecule has 0 aliphatic carbocycles. The van der Waals surface area contributed by atoms with Crippen LogP contribution in [0.15, 0.2) is 51.4 Å². The van der Waals surface area contributed by atoms with Crippen LogP contribution in [0, 0.1) is 0 Å². The maximum absolute atomic E-state index is 5.77. The zero-order valence-corrected chi connectivity index (χ0v) is 12.9. The Bertz CT molecular complexity index is 523. The van der Waals surface area contributed by atoms with E-state index in [4.69, 9.17) is 10.5 Å². The average molecular weight is 371 g/mol. The summed E-state index contributed by atoms with van der Waals surface area (Å²) in [5.41, 5.74) is 8.72. The first-order valence-electron chi connectivity index (χ1n) is 5.51. The summed E-state index contributed by atoms with van der Waals surface area (Å²) < 4.78 is 7.73. The Morgan fingerprint density at radius 3 is 2.50 bits per heavy atom. The molecule has 0 atom stereocenters. The fraction of sp³-hybridized carbons (Fsp3) is 0.143. The highest BCUT2D eigenvalue weighted by molar-refractivity contribution is 9.10. The Kier molecular flexibility index (Phi) is 4.80. The molecule has 0 unspecified atom stereocenters. The van der Waals surface area contributed by atoms with E-state index in [1.165, 1.54) is 0 Å². The van der Waals surface area contributed by atoms with Crippen molar-refractivity contribution in [2.45, 2.75) is 13.2 Å². The molecule has 0 heterocycles. The van der Waals surface area contributed by atoms with Crippen molar-refractivity contribution in [2.24, 2.45) is 0 Å². The van der Waals surface area contributed by atoms with Gasteiger partial charge in [-0.15, -0.1) is 0 Å². The molecular weight excluding hydrogens is 358 g/mol. The molecule has 0 aromatic heterocycles. The Balaban J connectivity index is 1.94. The van der Waals surface area contributed by atoms with E-state index in [-0.39, 0.29) is 0 Å². The van der Waals surface area contributed by atoms with Crippen molar-refractivity contribution in [3.63, 3.8) is 0 Å². The zero-order valence-electron chi connectivity index (χ0n) is 9.70. The second kappa shape index (κ2) is 6.36. The summed E-state index contributed by atoms with van der Waals surface area (Å²) in [7, 11) is 0. The summed E-state index contributed by atoms with van der Waals surface area (Å²) in [5, 5.41) is 0. The topological polar surface area (TPSA) is 35.2 Å². The van der Waals surface area contributed by atoms with Crippen LogP contribution < -0.4 is 5.73 Å². The molecule has 0 spiro atoms. The molecule has 0 aliphatic heterocycles. The summed E-state index contributed by atoms with van der Waals surface area (Å²) in [5.74, 6) is 0. The van der Waals surface area contributed by atoms with Gasteiger partial charge in [0.25, 0.3) is 0 Å². The van der Waals surface area contributed by atoms with Crippen LogP contribution in [0.3, 0.4) is 0 Å². The number of nitrogen functional groups attached to an aromatic ring is 1. The minimum atomic E-state index is 0.547. The van der Waals surface area contributed by atoms with Gasteiger partial charge in [-0.2, -0.15) is 0 Å². The van der Waals surface area contributed by atoms with Gasteiger partial charge in [0.05, 0.1) is 13.2 Å². The van der Waals surface area contributed by atoms with Crippen LogP contribution in [0.25, 0.3) is 0 Å². The molecule has 0 radical (unpaired) electrons. The fourth-order valence-electron chi connectivity index (χ4n) is 1.65. The van der Waals surface area contributed by atoms with Gasteiger partial charge in [-0.3, -0.25) is 0 Å². The van der Waals surface area contributed by atoms with E-state index in [2.05, 4.69) is 31.9 Å². The first-order chi connectivity index (χ1) is 8.65. The number of rotatable bonds is 4. The largest absolute Gasteiger partial charge is 0.399 e. The highest BCUT2D eigenvalue weighted by Gasteiger charge is 2.01. The van der Waals surface area contributed by atoms with Crippen molar-refractivity contribution in [3.05, 3.63) is 62.5 Å². The van der Waals surface area contributed by atoms with E-state index in [9.17, 15) is 0 Å². The van der Waals surface area contributed by atoms with E-state index < -0.39 is 0 Å². The third-order valence-electron chi connectivity index (χ3n) is 2.46. The summed E-state index contributed by atoms with van der Waals surface area (Å²) >= 11 is 6.92. The highest BCUT2D eigenvalue weighted by atomic mass is 79.9. The summed E-state index contributed by atoms with van der Waals surface area (Å²) in [4.78, 5) is 0. The molecule has 2 rings (SSSR count). The number of halogens is 2. The molecule has 0 saturated carbocycles. The lowest BCUT2D eigenvalue weighted by Gasteiger charge is -2.07. The number of benzene rings is 2. The molecule has 0 fully saturated rings. The van der Waals surface area contributed by atoms with E-state index in [1.807, 2.05) is 42.5 Å². The normalized spacial score (nSPS) is 10.6. The third-order valence-corrected chi connectivity index (χ3v) is 3.70. The lowest BCUT2D eigenvalue weighted by Crippen LogP contribution is -1.96. The molecule has 18 heavy (non-hydrogen) atoms. The van der Waals surface area contributed by atoms with Crippen molar-refractivity contribution in [1.29, 1.82) is 0 Å². The van der Waals surface area contributed by atoms with Crippen LogP contribution in [0.2, 0.25) is 0 Å². The van der Waals surface area contributed by atoms with Crippen LogP contribution in [-0.4, -0.2) is 0 Å². The molecule has 2 aromatic rings. The highest BCUT2D eigenvalue weighted by Crippen LogP contribution is 2.20. The second-order valence-corrected chi connectivity index (χ2v) is 5.75. The Morgan fingerprint density at radius 1 is 1.00 bits per heavy atom. The average Bonchev–Trinajstić information content (AvgIpc) is 2.30. The van der Waals surface area contributed by atoms with E-state index in [1.54, 1.807) is 0 Å². The second-order valence-electron chi connectivity index (χ2n) is 3.98. The lowest BCUT2D eigenvalue weighted by molar-refractivity contribution is 0.107. The first-order valence-corrected chi connectivity index (χ1v) is 7.10. The van der Waals surface area contributed by atoms with Gasteiger partial charge in [0.2, 0.25) is 0 Å². The molecule has 0 saturated heterocycles. The van der Waals surface area contributed by atoms with Gasteiger partial charge in [0.15, 0.2) is 0 Å². The predicted octanol–water partition coefficient (Wildman–Crippen LogP) is 4.51. The zero-order chi connectivity index (χ0) is 13.0. The van der Waals surface area contributed by atoms with Crippen LogP contribution in [0.4, 0.5) is 5.69 Å². The van der Waals surface area contributed by atoms with Crippen LogP contribution in [0.1, 0.15) is 11.1 Å². The minimum Gasteiger partial charge on any atom is -0.399 e. The number of ether oxygens (including phenoxy) is 1. The summed E-state index contributed by atoms with van der Waals surface area (Å²) in [6.07, 6.45) is 0. The molecule has 0 amide bonds. The third kappa shape index (κ3) is 3.83. The Hall–Kier alpha value is -0.840. The first kappa shape index (κ1) is 13.6. The SMILES string of the molecule is Nc1cc(Br)cc(COCc2ccccc2Br)c1. The molecule has 2 nitrogen and oxygen atoms in total. The molecular formula is C14H13Br2NO. The maximum Gasteiger partial charge on any atom is 0.0732 e. The van der Waals surface area contributed by atoms with Crippen LogP contribution in [-0.2, 0) is 18.0 Å². The van der Waals surface area contributed by atoms with Crippen LogP contribution in [0.5, 0.6) is 0 Å². The molecule has 2 N–H and O–H groups in total. The summed E-state index contributed by atoms with van der Waals surface area (Å²) in [6, 6.07) is 13.8. The molecule has 0 aliphatic rings. The van der Waals surface area contributed by atoms with Gasteiger partial charge in [0, 0.05) is 14.6 Å². The van der Waals surface area contributed by atoms with Gasteiger partial charge < -0.3 is 10.5 Å². The fourth-order valence-corrected chi connectivity index (χ4v) is 2.61. The van der Waals surface area contributed by atoms with E-state index in [0.717, 1.165) is 25.8 Å². The minimum absolute atomic E-state index is 0.547. The monoisotopic (exact) mass is 369 g/mol. The van der Waals surface area contributed by atoms with E-state index in [0.29, 0.717) is 13.2 Å². The van der Waals surface area contributed by atoms with Gasteiger partial charge in [-0.25, -0.2) is 0 Å². The smallest absolute Gasteiger partial charge is 0.0732 e. The molecule has 0 bridgehead atoms. The Labute approximate surface area is 123 Å². The quantitative estimate of drug-likeness (QED) is 0.803. The van der Waals surface area contributed by atoms with Crippen molar-refractivity contribution in [3.8, 4) is 0 Å². The maximum atomic E-state index is 5.77. The predicted molar refractivity (Wildman–Crippen MR) is 81.2 cm³/mol. The van der Waals surface area contributed by atoms with Crippen molar-refractivity contribution in [2.75, 3.05) is 5.73 Å². The van der Waals surface area contributed by atoms with Gasteiger partial charge in [-0.1, -0.05) is 50.1 Å². The number of hydrogen-bond donors (Lipinski definition) is 1. The number of nitrogens with two attached hydrogens (primary N) is 1. The number of hydrogen-bond acceptors (Lipinski definition) is 2. The van der Waals surface area contributed by atoms with Gasteiger partial charge in [0.1, 0.15) is 0 Å². The van der Waals surface area contributed by atoms with E-state index >= 15 is 0 Å². The molecule has 4 heteroatoms. The van der Waals surface area contributed by atoms with Crippen LogP contribution >= 0.6 is 31.9 Å².